The lowest BCUT2D eigenvalue weighted by Crippen LogP contribution is -2.60. The molecule has 2 saturated heterocycles. The van der Waals surface area contributed by atoms with E-state index in [1.807, 2.05) is 47.0 Å². The molecule has 0 radical (unpaired) electrons. The number of furan rings is 1. The summed E-state index contributed by atoms with van der Waals surface area (Å²) in [7, 11) is 0. The average Bonchev–Trinajstić information content (AvgIpc) is 3.92. The van der Waals surface area contributed by atoms with Crippen molar-refractivity contribution >= 4 is 5.65 Å². The van der Waals surface area contributed by atoms with Gasteiger partial charge in [-0.3, -0.25) is 4.40 Å². The van der Waals surface area contributed by atoms with Crippen LogP contribution in [0.4, 0.5) is 0 Å². The summed E-state index contributed by atoms with van der Waals surface area (Å²) in [5.74, 6) is 1.72. The van der Waals surface area contributed by atoms with E-state index in [1.54, 1.807) is 60.9 Å². The number of hydrogen-bond acceptors (Lipinski definition) is 16. The molecule has 5 heterocycles. The van der Waals surface area contributed by atoms with Gasteiger partial charge < -0.3 is 69.0 Å². The summed E-state index contributed by atoms with van der Waals surface area (Å²) in [6, 6.07) is 27.2. The van der Waals surface area contributed by atoms with E-state index in [9.17, 15) is 40.9 Å². The zero-order valence-corrected chi connectivity index (χ0v) is 32.0. The molecule has 0 bridgehead atoms. The van der Waals surface area contributed by atoms with Gasteiger partial charge in [-0.1, -0.05) is 42.5 Å². The summed E-state index contributed by atoms with van der Waals surface area (Å²) < 4.78 is 36.7. The van der Waals surface area contributed by atoms with Gasteiger partial charge in [0.25, 0.3) is 0 Å². The number of hydrogen-bond donors (Lipinski definition) is 8. The lowest BCUT2D eigenvalue weighted by molar-refractivity contribution is -0.277. The summed E-state index contributed by atoms with van der Waals surface area (Å²) in [6.07, 6.45) is -10.0. The van der Waals surface area contributed by atoms with Gasteiger partial charge in [0.2, 0.25) is 18.5 Å². The summed E-state index contributed by atoms with van der Waals surface area (Å²) in [5, 5.41) is 80.7. The molecular formula is C43H45N3O14. The Bertz CT molecular complexity index is 2300. The Balaban J connectivity index is 1.08. The van der Waals surface area contributed by atoms with Crippen molar-refractivity contribution in [2.45, 2.75) is 80.9 Å². The van der Waals surface area contributed by atoms with Crippen LogP contribution in [0.5, 0.6) is 17.4 Å². The second-order valence-corrected chi connectivity index (χ2v) is 14.6. The molecule has 2 aliphatic heterocycles. The maximum Gasteiger partial charge on any atom is 0.229 e. The van der Waals surface area contributed by atoms with Gasteiger partial charge in [-0.25, -0.2) is 9.97 Å². The molecule has 0 amide bonds. The fourth-order valence-corrected chi connectivity index (χ4v) is 7.15. The summed E-state index contributed by atoms with van der Waals surface area (Å²) >= 11 is 0. The Morgan fingerprint density at radius 1 is 0.583 bits per heavy atom. The third kappa shape index (κ3) is 8.72. The van der Waals surface area contributed by atoms with E-state index in [2.05, 4.69) is 0 Å². The van der Waals surface area contributed by atoms with Crippen molar-refractivity contribution in [1.82, 2.24) is 14.4 Å². The summed E-state index contributed by atoms with van der Waals surface area (Å²) in [6.45, 7) is -1.05. The Hall–Kier alpha value is -5.44. The standard InChI is InChI=1S/C43H45N3O14/c47-20-32-34(49)36(51)38(53)42(59-32)57-26-12-8-24(9-13-26)22-56-41-30(18-28-7-4-16-55-28)45-40-29(17-23-5-2-1-3-6-23)44-31(19-46(40)41)25-10-14-27(15-11-25)58-43-39(54)37(52)35(50)33(21-48)60-43/h1-16,19,32-39,42-43,47-54H,17-18,20-22H2/t32-,33-,34-,35-,36+,37+,38-,39-,42-,43-/m1/s1. The van der Waals surface area contributed by atoms with E-state index in [0.717, 1.165) is 11.1 Å². The lowest BCUT2D eigenvalue weighted by atomic mass is 9.99. The highest BCUT2D eigenvalue weighted by atomic mass is 16.7. The Kier molecular flexibility index (Phi) is 12.4. The van der Waals surface area contributed by atoms with Crippen LogP contribution in [-0.4, -0.2) is 130 Å². The predicted molar refractivity (Wildman–Crippen MR) is 209 cm³/mol. The number of fused-ring (bicyclic) bond motifs is 1. The third-order valence-electron chi connectivity index (χ3n) is 10.5. The molecule has 17 heteroatoms. The van der Waals surface area contributed by atoms with Crippen molar-refractivity contribution in [3.8, 4) is 28.6 Å². The monoisotopic (exact) mass is 827 g/mol. The maximum absolute atomic E-state index is 10.5. The second kappa shape index (κ2) is 18.0. The van der Waals surface area contributed by atoms with Gasteiger partial charge in [0.15, 0.2) is 5.65 Å². The van der Waals surface area contributed by atoms with Crippen molar-refractivity contribution < 1.29 is 69.0 Å². The Morgan fingerprint density at radius 2 is 1.18 bits per heavy atom. The first-order valence-corrected chi connectivity index (χ1v) is 19.3. The van der Waals surface area contributed by atoms with E-state index >= 15 is 0 Å². The molecule has 8 rings (SSSR count). The topological polar surface area (TPSA) is 251 Å². The molecule has 60 heavy (non-hydrogen) atoms. The molecule has 17 nitrogen and oxygen atoms in total. The number of aromatic nitrogens is 3. The van der Waals surface area contributed by atoms with Crippen molar-refractivity contribution in [3.05, 3.63) is 132 Å². The first-order chi connectivity index (χ1) is 29.1. The summed E-state index contributed by atoms with van der Waals surface area (Å²) in [4.78, 5) is 10.1. The number of aliphatic hydroxyl groups excluding tert-OH is 8. The second-order valence-electron chi connectivity index (χ2n) is 14.6. The van der Waals surface area contributed by atoms with Crippen LogP contribution in [0.15, 0.2) is 108 Å². The number of aliphatic hydroxyl groups is 8. The van der Waals surface area contributed by atoms with E-state index in [1.165, 1.54) is 0 Å². The SMILES string of the molecule is OC[C@H]1O[C@@H](Oc2ccc(COc3c(Cc4ccco4)nc4c(Cc5ccccc5)nc(-c5ccc(O[C@@H]6O[C@H](CO)[C@@H](O)[C@H](O)[C@H]6O)cc5)cn34)cc2)[C@H](O)[C@@H](O)[C@@H]1O. The van der Waals surface area contributed by atoms with Crippen LogP contribution in [0, 0.1) is 0 Å². The van der Waals surface area contributed by atoms with E-state index in [4.69, 9.17) is 38.1 Å². The fraction of sp³-hybridized carbons (Fsp3) is 0.349. The minimum Gasteiger partial charge on any atom is -0.472 e. The molecule has 3 aromatic heterocycles. The molecule has 0 aliphatic carbocycles. The van der Waals surface area contributed by atoms with Crippen LogP contribution >= 0.6 is 0 Å². The summed E-state index contributed by atoms with van der Waals surface area (Å²) in [5.41, 5.74) is 4.89. The third-order valence-corrected chi connectivity index (χ3v) is 10.5. The van der Waals surface area contributed by atoms with Gasteiger partial charge in [-0.05, 0) is 59.7 Å². The minimum absolute atomic E-state index is 0.106. The molecule has 2 fully saturated rings. The molecule has 10 atom stereocenters. The molecule has 316 valence electrons. The number of nitrogens with zero attached hydrogens (tertiary/aromatic N) is 3. The normalized spacial score (nSPS) is 26.9. The van der Waals surface area contributed by atoms with Crippen LogP contribution in [0.2, 0.25) is 0 Å². The molecule has 0 unspecified atom stereocenters. The number of imidazole rings is 1. The van der Waals surface area contributed by atoms with Crippen molar-refractivity contribution in [2.24, 2.45) is 0 Å². The van der Waals surface area contributed by atoms with Gasteiger partial charge in [-0.15, -0.1) is 0 Å². The van der Waals surface area contributed by atoms with Crippen LogP contribution in [0.25, 0.3) is 16.9 Å². The first kappa shape index (κ1) is 41.3. The van der Waals surface area contributed by atoms with Crippen LogP contribution in [0.3, 0.4) is 0 Å². The molecule has 0 saturated carbocycles. The van der Waals surface area contributed by atoms with Crippen LogP contribution in [0.1, 0.15) is 28.3 Å². The average molecular weight is 828 g/mol. The molecule has 6 aromatic rings. The Morgan fingerprint density at radius 3 is 1.75 bits per heavy atom. The van der Waals surface area contributed by atoms with Gasteiger partial charge in [-0.2, -0.15) is 0 Å². The zero-order chi connectivity index (χ0) is 41.9. The van der Waals surface area contributed by atoms with E-state index in [-0.39, 0.29) is 6.61 Å². The van der Waals surface area contributed by atoms with E-state index in [0.29, 0.717) is 64.3 Å². The number of rotatable bonds is 14. The molecule has 0 spiro atoms. The largest absolute Gasteiger partial charge is 0.472 e. The van der Waals surface area contributed by atoms with E-state index < -0.39 is 74.6 Å². The highest BCUT2D eigenvalue weighted by Gasteiger charge is 2.46. The quantitative estimate of drug-likeness (QED) is 0.0766. The first-order valence-electron chi connectivity index (χ1n) is 19.3. The smallest absolute Gasteiger partial charge is 0.229 e. The fourth-order valence-electron chi connectivity index (χ4n) is 7.15. The zero-order valence-electron chi connectivity index (χ0n) is 32.0. The van der Waals surface area contributed by atoms with Crippen molar-refractivity contribution in [3.63, 3.8) is 0 Å². The van der Waals surface area contributed by atoms with Crippen molar-refractivity contribution in [2.75, 3.05) is 13.2 Å². The molecule has 8 N–H and O–H groups in total. The lowest BCUT2D eigenvalue weighted by Gasteiger charge is -2.39. The minimum atomic E-state index is -1.58. The number of ether oxygens (including phenoxy) is 5. The highest BCUT2D eigenvalue weighted by Crippen LogP contribution is 2.32. The number of benzene rings is 3. The molecule has 2 aliphatic rings. The van der Waals surface area contributed by atoms with Gasteiger partial charge >= 0.3 is 0 Å². The van der Waals surface area contributed by atoms with Crippen LogP contribution in [-0.2, 0) is 28.9 Å². The maximum atomic E-state index is 10.5. The predicted octanol–water partition coefficient (Wildman–Crippen LogP) is 1.11. The van der Waals surface area contributed by atoms with Gasteiger partial charge in [0, 0.05) is 18.2 Å². The van der Waals surface area contributed by atoms with Gasteiger partial charge in [0.05, 0.1) is 37.3 Å². The molecule has 3 aromatic carbocycles. The molecular weight excluding hydrogens is 782 g/mol. The van der Waals surface area contributed by atoms with Crippen molar-refractivity contribution in [1.29, 1.82) is 0 Å². The van der Waals surface area contributed by atoms with Crippen LogP contribution < -0.4 is 14.2 Å². The van der Waals surface area contributed by atoms with Gasteiger partial charge in [0.1, 0.15) is 78.4 Å². The Labute approximate surface area is 342 Å². The highest BCUT2D eigenvalue weighted by molar-refractivity contribution is 5.64.